The highest BCUT2D eigenvalue weighted by Gasteiger charge is 2.29. The maximum absolute atomic E-state index is 12.1. The topological polar surface area (TPSA) is 106 Å². The van der Waals surface area contributed by atoms with Crippen molar-refractivity contribution in [2.45, 2.75) is 32.3 Å². The van der Waals surface area contributed by atoms with Crippen LogP contribution in [0.3, 0.4) is 0 Å². The number of Topliss-reactive ketones (excluding diaryl/α,β-unsaturated/α-hetero) is 1. The molecule has 0 fully saturated rings. The summed E-state index contributed by atoms with van der Waals surface area (Å²) in [6.45, 7) is 1.48. The second-order valence-electron chi connectivity index (χ2n) is 4.90. The van der Waals surface area contributed by atoms with E-state index in [2.05, 4.69) is 5.32 Å². The van der Waals surface area contributed by atoms with Crippen LogP contribution in [0.1, 0.15) is 45.1 Å². The van der Waals surface area contributed by atoms with Gasteiger partial charge in [-0.2, -0.15) is 0 Å². The highest BCUT2D eigenvalue weighted by atomic mass is 16.5. The Labute approximate surface area is 121 Å². The molecule has 2 N–H and O–H groups in total. The molecule has 1 aromatic heterocycles. The number of aryl methyl sites for hydroxylation is 1. The molecule has 0 radical (unpaired) electrons. The van der Waals surface area contributed by atoms with Crippen molar-refractivity contribution in [3.8, 4) is 0 Å². The molecule has 0 aromatic carbocycles. The predicted molar refractivity (Wildman–Crippen MR) is 71.5 cm³/mol. The SMILES string of the molecule is COC(CNC(=O)c1oc2c(c1C)C(=O)CCC2)C(=O)O. The minimum Gasteiger partial charge on any atom is -0.479 e. The van der Waals surface area contributed by atoms with Crippen molar-refractivity contribution < 1.29 is 28.6 Å². The first-order valence-corrected chi connectivity index (χ1v) is 6.65. The van der Waals surface area contributed by atoms with Gasteiger partial charge in [-0.1, -0.05) is 0 Å². The van der Waals surface area contributed by atoms with Crippen LogP contribution in [0.5, 0.6) is 0 Å². The van der Waals surface area contributed by atoms with Crippen LogP contribution in [0.2, 0.25) is 0 Å². The predicted octanol–water partition coefficient (Wildman–Crippen LogP) is 0.936. The number of fused-ring (bicyclic) bond motifs is 1. The largest absolute Gasteiger partial charge is 0.479 e. The lowest BCUT2D eigenvalue weighted by Gasteiger charge is -2.10. The Balaban J connectivity index is 2.14. The number of carboxylic acid groups (broad SMARTS) is 1. The summed E-state index contributed by atoms with van der Waals surface area (Å²) in [6.07, 6.45) is 0.676. The standard InChI is InChI=1S/C14H17NO6/c1-7-11-8(16)4-3-5-9(11)21-12(7)13(17)15-6-10(20-2)14(18)19/h10H,3-6H2,1-2H3,(H,15,17)(H,18,19). The maximum atomic E-state index is 12.1. The van der Waals surface area contributed by atoms with Crippen molar-refractivity contribution in [1.82, 2.24) is 5.32 Å². The zero-order chi connectivity index (χ0) is 15.6. The van der Waals surface area contributed by atoms with Crippen LogP contribution in [0.15, 0.2) is 4.42 Å². The first kappa shape index (κ1) is 15.2. The number of carboxylic acids is 1. The minimum atomic E-state index is -1.16. The van der Waals surface area contributed by atoms with E-state index in [1.165, 1.54) is 7.11 Å². The molecule has 2 rings (SSSR count). The number of carbonyl (C=O) groups is 3. The van der Waals surface area contributed by atoms with Crippen LogP contribution in [-0.4, -0.2) is 42.5 Å². The summed E-state index contributed by atoms with van der Waals surface area (Å²) < 4.78 is 10.2. The molecule has 114 valence electrons. The fourth-order valence-corrected chi connectivity index (χ4v) is 2.40. The first-order chi connectivity index (χ1) is 9.95. The molecule has 7 heteroatoms. The van der Waals surface area contributed by atoms with E-state index in [1.54, 1.807) is 6.92 Å². The number of methoxy groups -OCH3 is 1. The average Bonchev–Trinajstić information content (AvgIpc) is 2.77. The Morgan fingerprint density at radius 2 is 2.14 bits per heavy atom. The monoisotopic (exact) mass is 295 g/mol. The average molecular weight is 295 g/mol. The summed E-state index contributed by atoms with van der Waals surface area (Å²) in [7, 11) is 1.25. The van der Waals surface area contributed by atoms with Crippen molar-refractivity contribution in [3.05, 3.63) is 22.6 Å². The summed E-state index contributed by atoms with van der Waals surface area (Å²) >= 11 is 0. The Morgan fingerprint density at radius 1 is 1.43 bits per heavy atom. The fourth-order valence-electron chi connectivity index (χ4n) is 2.40. The molecule has 21 heavy (non-hydrogen) atoms. The zero-order valence-corrected chi connectivity index (χ0v) is 11.9. The fraction of sp³-hybridized carbons (Fsp3) is 0.500. The molecular formula is C14H17NO6. The van der Waals surface area contributed by atoms with Crippen molar-refractivity contribution in [3.63, 3.8) is 0 Å². The molecule has 1 aromatic rings. The molecular weight excluding hydrogens is 278 g/mol. The Kier molecular flexibility index (Phi) is 4.42. The molecule has 1 aliphatic rings. The summed E-state index contributed by atoms with van der Waals surface area (Å²) in [5.74, 6) is -1.12. The van der Waals surface area contributed by atoms with Crippen LogP contribution in [0, 0.1) is 6.92 Å². The molecule has 1 atom stereocenters. The molecule has 0 aliphatic heterocycles. The number of aliphatic carboxylic acids is 1. The lowest BCUT2D eigenvalue weighted by atomic mass is 9.94. The van der Waals surface area contributed by atoms with Gasteiger partial charge < -0.3 is 19.6 Å². The van der Waals surface area contributed by atoms with Gasteiger partial charge in [0.1, 0.15) is 5.76 Å². The number of ketones is 1. The number of rotatable bonds is 5. The van der Waals surface area contributed by atoms with Gasteiger partial charge in [0, 0.05) is 25.5 Å². The highest BCUT2D eigenvalue weighted by molar-refractivity contribution is 6.03. The van der Waals surface area contributed by atoms with Gasteiger partial charge in [0.2, 0.25) is 0 Å². The third kappa shape index (κ3) is 2.97. The number of nitrogens with one attached hydrogen (secondary N) is 1. The van der Waals surface area contributed by atoms with Gasteiger partial charge >= 0.3 is 5.97 Å². The number of hydrogen-bond donors (Lipinski definition) is 2. The Hall–Kier alpha value is -2.15. The van der Waals surface area contributed by atoms with Crippen molar-refractivity contribution in [2.75, 3.05) is 13.7 Å². The second-order valence-corrected chi connectivity index (χ2v) is 4.90. The third-order valence-corrected chi connectivity index (χ3v) is 3.52. The zero-order valence-electron chi connectivity index (χ0n) is 11.9. The molecule has 7 nitrogen and oxygen atoms in total. The normalized spacial score (nSPS) is 15.4. The Bertz CT molecular complexity index is 589. The van der Waals surface area contributed by atoms with Gasteiger partial charge in [0.15, 0.2) is 17.6 Å². The lowest BCUT2D eigenvalue weighted by Crippen LogP contribution is -2.37. The van der Waals surface area contributed by atoms with E-state index in [0.717, 1.165) is 0 Å². The van der Waals surface area contributed by atoms with Crippen LogP contribution in [0.4, 0.5) is 0 Å². The molecule has 0 saturated carbocycles. The number of carbonyl (C=O) groups excluding carboxylic acids is 2. The summed E-state index contributed by atoms with van der Waals surface area (Å²) in [5, 5.41) is 11.3. The van der Waals surface area contributed by atoms with Crippen LogP contribution in [-0.2, 0) is 16.0 Å². The number of hydrogen-bond acceptors (Lipinski definition) is 5. The quantitative estimate of drug-likeness (QED) is 0.837. The molecule has 1 unspecified atom stereocenters. The van der Waals surface area contributed by atoms with E-state index < -0.39 is 18.0 Å². The minimum absolute atomic E-state index is 0.0168. The van der Waals surface area contributed by atoms with E-state index in [1.807, 2.05) is 0 Å². The van der Waals surface area contributed by atoms with Gasteiger partial charge in [0.25, 0.3) is 5.91 Å². The van der Waals surface area contributed by atoms with E-state index in [4.69, 9.17) is 14.3 Å². The van der Waals surface area contributed by atoms with Crippen molar-refractivity contribution in [2.24, 2.45) is 0 Å². The molecule has 0 bridgehead atoms. The molecule has 1 heterocycles. The molecule has 1 aliphatic carbocycles. The van der Waals surface area contributed by atoms with E-state index in [-0.39, 0.29) is 18.1 Å². The lowest BCUT2D eigenvalue weighted by molar-refractivity contribution is -0.148. The van der Waals surface area contributed by atoms with Gasteiger partial charge in [0.05, 0.1) is 12.1 Å². The van der Waals surface area contributed by atoms with Gasteiger partial charge in [-0.05, 0) is 13.3 Å². The number of amides is 1. The molecule has 0 spiro atoms. The Morgan fingerprint density at radius 3 is 2.71 bits per heavy atom. The third-order valence-electron chi connectivity index (χ3n) is 3.52. The second kappa shape index (κ2) is 6.09. The van der Waals surface area contributed by atoms with Gasteiger partial charge in [-0.15, -0.1) is 0 Å². The molecule has 0 saturated heterocycles. The summed E-state index contributed by atoms with van der Waals surface area (Å²) in [5.41, 5.74) is 1.00. The van der Waals surface area contributed by atoms with Crippen molar-refractivity contribution in [1.29, 1.82) is 0 Å². The van der Waals surface area contributed by atoms with E-state index >= 15 is 0 Å². The van der Waals surface area contributed by atoms with Crippen LogP contribution < -0.4 is 5.32 Å². The first-order valence-electron chi connectivity index (χ1n) is 6.65. The number of ether oxygens (including phenoxy) is 1. The van der Waals surface area contributed by atoms with Crippen molar-refractivity contribution >= 4 is 17.7 Å². The number of furan rings is 1. The van der Waals surface area contributed by atoms with Gasteiger partial charge in [-0.3, -0.25) is 9.59 Å². The van der Waals surface area contributed by atoms with Crippen LogP contribution >= 0.6 is 0 Å². The smallest absolute Gasteiger partial charge is 0.334 e. The summed E-state index contributed by atoms with van der Waals surface area (Å²) in [6, 6.07) is 0. The van der Waals surface area contributed by atoms with E-state index in [0.29, 0.717) is 36.1 Å². The highest BCUT2D eigenvalue weighted by Crippen LogP contribution is 2.29. The van der Waals surface area contributed by atoms with Gasteiger partial charge in [-0.25, -0.2) is 4.79 Å². The molecule has 1 amide bonds. The summed E-state index contributed by atoms with van der Waals surface area (Å²) in [4.78, 5) is 34.7. The van der Waals surface area contributed by atoms with Crippen LogP contribution in [0.25, 0.3) is 0 Å². The van der Waals surface area contributed by atoms with E-state index in [9.17, 15) is 14.4 Å². The maximum Gasteiger partial charge on any atom is 0.334 e.